The van der Waals surface area contributed by atoms with Gasteiger partial charge in [0.15, 0.2) is 6.10 Å². The molecule has 3 amide bonds. The number of imide groups is 1. The van der Waals surface area contributed by atoms with Crippen LogP contribution >= 0.6 is 11.3 Å². The van der Waals surface area contributed by atoms with Crippen molar-refractivity contribution in [3.8, 4) is 0 Å². The van der Waals surface area contributed by atoms with E-state index < -0.39 is 24.0 Å². The number of nitrogens with zero attached hydrogens (tertiary/aromatic N) is 1. The molecule has 1 fully saturated rings. The highest BCUT2D eigenvalue weighted by atomic mass is 32.1. The summed E-state index contributed by atoms with van der Waals surface area (Å²) in [5.41, 5.74) is 0.287. The lowest BCUT2D eigenvalue weighted by Gasteiger charge is -2.18. The molecule has 0 saturated carbocycles. The molecule has 0 unspecified atom stereocenters. The lowest BCUT2D eigenvalue weighted by atomic mass is 10.0. The lowest BCUT2D eigenvalue weighted by molar-refractivity contribution is -0.136. The van der Waals surface area contributed by atoms with Crippen molar-refractivity contribution >= 4 is 35.0 Å². The topological polar surface area (TPSA) is 92.8 Å². The predicted molar refractivity (Wildman–Crippen MR) is 94.2 cm³/mol. The van der Waals surface area contributed by atoms with Gasteiger partial charge in [0.2, 0.25) is 5.78 Å². The fourth-order valence-corrected chi connectivity index (χ4v) is 3.25. The minimum atomic E-state index is -1.14. The van der Waals surface area contributed by atoms with E-state index in [0.717, 1.165) is 4.90 Å². The highest BCUT2D eigenvalue weighted by molar-refractivity contribution is 7.12. The standard InChI is InChI=1S/C18H16N2O5S/c1-11(16(22)20-9-8-19-18(20)24)25-17(23)13-6-3-2-5-12(13)15(21)14-7-4-10-26-14/h2-7,10-11H,8-9H2,1H3,(H,19,24)/t11-/m0/s1. The number of amides is 3. The molecule has 0 radical (unpaired) electrons. The maximum Gasteiger partial charge on any atom is 0.339 e. The number of urea groups is 1. The average Bonchev–Trinajstić information content (AvgIpc) is 3.32. The molecule has 2 heterocycles. The summed E-state index contributed by atoms with van der Waals surface area (Å²) in [7, 11) is 0. The minimum absolute atomic E-state index is 0.0800. The SMILES string of the molecule is C[C@H](OC(=O)c1ccccc1C(=O)c1cccs1)C(=O)N1CCNC1=O. The molecule has 1 aromatic heterocycles. The highest BCUT2D eigenvalue weighted by Gasteiger charge is 2.32. The molecule has 1 aromatic carbocycles. The van der Waals surface area contributed by atoms with Gasteiger partial charge in [0.05, 0.1) is 10.4 Å². The van der Waals surface area contributed by atoms with Crippen molar-refractivity contribution in [2.24, 2.45) is 0 Å². The van der Waals surface area contributed by atoms with Gasteiger partial charge in [0, 0.05) is 18.7 Å². The van der Waals surface area contributed by atoms with Gasteiger partial charge in [0.1, 0.15) is 0 Å². The Balaban J connectivity index is 1.77. The second-order valence-corrected chi connectivity index (χ2v) is 6.57. The Kier molecular flexibility index (Phi) is 5.13. The van der Waals surface area contributed by atoms with Crippen LogP contribution in [-0.4, -0.2) is 47.8 Å². The van der Waals surface area contributed by atoms with Gasteiger partial charge in [-0.15, -0.1) is 11.3 Å². The van der Waals surface area contributed by atoms with Crippen LogP contribution in [0.4, 0.5) is 4.79 Å². The number of hydrogen-bond acceptors (Lipinski definition) is 6. The number of carbonyl (C=O) groups is 4. The van der Waals surface area contributed by atoms with Crippen molar-refractivity contribution in [1.82, 2.24) is 10.2 Å². The van der Waals surface area contributed by atoms with Gasteiger partial charge in [-0.1, -0.05) is 24.3 Å². The van der Waals surface area contributed by atoms with Crippen molar-refractivity contribution in [3.05, 3.63) is 57.8 Å². The van der Waals surface area contributed by atoms with Crippen molar-refractivity contribution in [2.75, 3.05) is 13.1 Å². The number of thiophene rings is 1. The zero-order valence-electron chi connectivity index (χ0n) is 13.9. The third kappa shape index (κ3) is 3.50. The van der Waals surface area contributed by atoms with E-state index >= 15 is 0 Å². The van der Waals surface area contributed by atoms with Crippen LogP contribution in [0.2, 0.25) is 0 Å². The first-order chi connectivity index (χ1) is 12.5. The van der Waals surface area contributed by atoms with Crippen LogP contribution in [0.25, 0.3) is 0 Å². The summed E-state index contributed by atoms with van der Waals surface area (Å²) in [6.45, 7) is 1.99. The molecule has 1 aliphatic heterocycles. The number of benzene rings is 1. The Bertz CT molecular complexity index is 862. The van der Waals surface area contributed by atoms with Crippen molar-refractivity contribution < 1.29 is 23.9 Å². The van der Waals surface area contributed by atoms with E-state index in [2.05, 4.69) is 5.32 Å². The molecule has 2 aromatic rings. The van der Waals surface area contributed by atoms with Crippen LogP contribution in [-0.2, 0) is 9.53 Å². The van der Waals surface area contributed by atoms with Gasteiger partial charge in [-0.25, -0.2) is 9.59 Å². The number of esters is 1. The third-order valence-electron chi connectivity index (χ3n) is 3.89. The second-order valence-electron chi connectivity index (χ2n) is 5.62. The number of carbonyl (C=O) groups excluding carboxylic acids is 4. The fourth-order valence-electron chi connectivity index (χ4n) is 2.58. The van der Waals surface area contributed by atoms with E-state index in [4.69, 9.17) is 4.74 Å². The molecular weight excluding hydrogens is 356 g/mol. The Labute approximate surface area is 153 Å². The van der Waals surface area contributed by atoms with Gasteiger partial charge < -0.3 is 10.1 Å². The monoisotopic (exact) mass is 372 g/mol. The summed E-state index contributed by atoms with van der Waals surface area (Å²) in [6, 6.07) is 9.20. The van der Waals surface area contributed by atoms with Crippen molar-refractivity contribution in [2.45, 2.75) is 13.0 Å². The van der Waals surface area contributed by atoms with Crippen molar-refractivity contribution in [3.63, 3.8) is 0 Å². The van der Waals surface area contributed by atoms with Gasteiger partial charge in [-0.05, 0) is 24.4 Å². The first-order valence-corrected chi connectivity index (χ1v) is 8.84. The lowest BCUT2D eigenvalue weighted by Crippen LogP contribution is -2.41. The van der Waals surface area contributed by atoms with Crippen LogP contribution < -0.4 is 5.32 Å². The Morgan fingerprint density at radius 3 is 2.50 bits per heavy atom. The number of hydrogen-bond donors (Lipinski definition) is 1. The molecule has 134 valence electrons. The van der Waals surface area contributed by atoms with Gasteiger partial charge in [-0.3, -0.25) is 14.5 Å². The van der Waals surface area contributed by atoms with Crippen LogP contribution in [0.5, 0.6) is 0 Å². The molecule has 8 heteroatoms. The van der Waals surface area contributed by atoms with E-state index in [0.29, 0.717) is 11.4 Å². The summed E-state index contributed by atoms with van der Waals surface area (Å²) < 4.78 is 5.21. The Morgan fingerprint density at radius 1 is 1.15 bits per heavy atom. The van der Waals surface area contributed by atoms with Gasteiger partial charge in [0.25, 0.3) is 5.91 Å². The molecule has 0 bridgehead atoms. The van der Waals surface area contributed by atoms with Crippen LogP contribution in [0.1, 0.15) is 32.5 Å². The zero-order chi connectivity index (χ0) is 18.7. The molecule has 0 spiro atoms. The summed E-state index contributed by atoms with van der Waals surface area (Å²) in [5, 5.41) is 4.29. The summed E-state index contributed by atoms with van der Waals surface area (Å²) in [6.07, 6.45) is -1.14. The smallest absolute Gasteiger partial charge is 0.339 e. The molecule has 26 heavy (non-hydrogen) atoms. The maximum absolute atomic E-state index is 12.6. The second kappa shape index (κ2) is 7.49. The molecular formula is C18H16N2O5S. The molecule has 1 saturated heterocycles. The number of rotatable bonds is 5. The fraction of sp³-hybridized carbons (Fsp3) is 0.222. The van der Waals surface area contributed by atoms with E-state index in [9.17, 15) is 19.2 Å². The van der Waals surface area contributed by atoms with E-state index in [-0.39, 0.29) is 23.5 Å². The van der Waals surface area contributed by atoms with Crippen LogP contribution in [0.3, 0.4) is 0 Å². The third-order valence-corrected chi connectivity index (χ3v) is 4.76. The summed E-state index contributed by atoms with van der Waals surface area (Å²) >= 11 is 1.28. The normalized spacial score (nSPS) is 14.7. The Hall–Kier alpha value is -3.00. The molecule has 3 rings (SSSR count). The molecule has 0 aliphatic carbocycles. The van der Waals surface area contributed by atoms with Crippen LogP contribution in [0, 0.1) is 0 Å². The maximum atomic E-state index is 12.6. The first-order valence-electron chi connectivity index (χ1n) is 7.96. The minimum Gasteiger partial charge on any atom is -0.449 e. The average molecular weight is 372 g/mol. The molecule has 1 N–H and O–H groups in total. The predicted octanol–water partition coefficient (Wildman–Crippen LogP) is 2.08. The number of nitrogens with one attached hydrogen (secondary N) is 1. The zero-order valence-corrected chi connectivity index (χ0v) is 14.7. The van der Waals surface area contributed by atoms with Crippen molar-refractivity contribution in [1.29, 1.82) is 0 Å². The largest absolute Gasteiger partial charge is 0.449 e. The summed E-state index contributed by atoms with van der Waals surface area (Å²) in [4.78, 5) is 50.4. The van der Waals surface area contributed by atoms with Crippen LogP contribution in [0.15, 0.2) is 41.8 Å². The number of ketones is 1. The Morgan fingerprint density at radius 2 is 1.88 bits per heavy atom. The quantitative estimate of drug-likeness (QED) is 0.641. The van der Waals surface area contributed by atoms with Gasteiger partial charge in [-0.2, -0.15) is 0 Å². The summed E-state index contributed by atoms with van der Waals surface area (Å²) in [5.74, 6) is -1.67. The molecule has 7 nitrogen and oxygen atoms in total. The van der Waals surface area contributed by atoms with E-state index in [1.165, 1.54) is 24.3 Å². The van der Waals surface area contributed by atoms with Gasteiger partial charge >= 0.3 is 12.0 Å². The molecule has 1 atom stereocenters. The van der Waals surface area contributed by atoms with E-state index in [1.807, 2.05) is 0 Å². The molecule has 1 aliphatic rings. The number of ether oxygens (including phenoxy) is 1. The van der Waals surface area contributed by atoms with E-state index in [1.54, 1.807) is 35.7 Å². The highest BCUT2D eigenvalue weighted by Crippen LogP contribution is 2.19. The first kappa shape index (κ1) is 17.8.